The predicted octanol–water partition coefficient (Wildman–Crippen LogP) is 2.54. The Labute approximate surface area is 124 Å². The first kappa shape index (κ1) is 15.5. The fraction of sp³-hybridized carbons (Fsp3) is 0.200. The molecule has 112 valence electrons. The van der Waals surface area contributed by atoms with Crippen LogP contribution in [-0.4, -0.2) is 19.8 Å². The maximum atomic E-state index is 13.2. The van der Waals surface area contributed by atoms with E-state index in [0.717, 1.165) is 0 Å². The molecule has 2 aromatic carbocycles. The third-order valence-corrected chi connectivity index (χ3v) is 5.04. The van der Waals surface area contributed by atoms with Gasteiger partial charge in [-0.25, -0.2) is 12.8 Å². The van der Waals surface area contributed by atoms with Crippen molar-refractivity contribution in [3.05, 3.63) is 59.4 Å². The van der Waals surface area contributed by atoms with Gasteiger partial charge in [0.05, 0.1) is 4.90 Å². The first-order chi connectivity index (χ1) is 9.80. The fourth-order valence-electron chi connectivity index (χ4n) is 1.97. The molecule has 0 saturated carbocycles. The summed E-state index contributed by atoms with van der Waals surface area (Å²) in [5.74, 6) is -0.387. The van der Waals surface area contributed by atoms with E-state index >= 15 is 0 Å². The fourth-order valence-corrected chi connectivity index (χ4v) is 3.21. The van der Waals surface area contributed by atoms with Gasteiger partial charge in [0.1, 0.15) is 5.82 Å². The smallest absolute Gasteiger partial charge is 0.243 e. The van der Waals surface area contributed by atoms with E-state index in [0.29, 0.717) is 16.8 Å². The second-order valence-corrected chi connectivity index (χ2v) is 6.95. The largest absolute Gasteiger partial charge is 0.399 e. The van der Waals surface area contributed by atoms with Gasteiger partial charge in [0.2, 0.25) is 10.0 Å². The third-order valence-electron chi connectivity index (χ3n) is 3.24. The monoisotopic (exact) mass is 308 g/mol. The maximum absolute atomic E-state index is 13.2. The minimum atomic E-state index is -3.63. The van der Waals surface area contributed by atoms with Crippen molar-refractivity contribution in [3.8, 4) is 0 Å². The molecule has 0 saturated heterocycles. The highest BCUT2D eigenvalue weighted by atomic mass is 32.2. The Hall–Kier alpha value is -1.92. The van der Waals surface area contributed by atoms with Crippen molar-refractivity contribution in [2.45, 2.75) is 18.4 Å². The molecule has 0 bridgehead atoms. The van der Waals surface area contributed by atoms with Crippen LogP contribution >= 0.6 is 0 Å². The molecule has 0 heterocycles. The average molecular weight is 308 g/mol. The molecule has 0 aliphatic heterocycles. The average Bonchev–Trinajstić information content (AvgIpc) is 2.41. The van der Waals surface area contributed by atoms with Crippen LogP contribution in [-0.2, 0) is 16.6 Å². The molecule has 0 amide bonds. The van der Waals surface area contributed by atoms with Crippen molar-refractivity contribution in [2.75, 3.05) is 12.8 Å². The van der Waals surface area contributed by atoms with E-state index < -0.39 is 10.0 Å². The highest BCUT2D eigenvalue weighted by Crippen LogP contribution is 2.21. The Morgan fingerprint density at radius 1 is 1.19 bits per heavy atom. The van der Waals surface area contributed by atoms with Crippen molar-refractivity contribution in [1.82, 2.24) is 4.31 Å². The van der Waals surface area contributed by atoms with Crippen LogP contribution in [0.4, 0.5) is 10.1 Å². The van der Waals surface area contributed by atoms with Crippen molar-refractivity contribution in [2.24, 2.45) is 0 Å². The molecular formula is C15H17FN2O2S. The van der Waals surface area contributed by atoms with Gasteiger partial charge in [-0.3, -0.25) is 0 Å². The summed E-state index contributed by atoms with van der Waals surface area (Å²) in [4.78, 5) is 0.174. The summed E-state index contributed by atoms with van der Waals surface area (Å²) < 4.78 is 39.3. The summed E-state index contributed by atoms with van der Waals surface area (Å²) in [5, 5.41) is 0. The van der Waals surface area contributed by atoms with E-state index in [-0.39, 0.29) is 17.3 Å². The molecule has 0 unspecified atom stereocenters. The van der Waals surface area contributed by atoms with Crippen LogP contribution < -0.4 is 5.73 Å². The quantitative estimate of drug-likeness (QED) is 0.883. The van der Waals surface area contributed by atoms with Crippen LogP contribution in [0, 0.1) is 12.7 Å². The van der Waals surface area contributed by atoms with Gasteiger partial charge < -0.3 is 5.73 Å². The van der Waals surface area contributed by atoms with Gasteiger partial charge in [-0.05, 0) is 48.4 Å². The normalized spacial score (nSPS) is 11.8. The van der Waals surface area contributed by atoms with Crippen LogP contribution in [0.1, 0.15) is 11.1 Å². The van der Waals surface area contributed by atoms with Crippen molar-refractivity contribution in [1.29, 1.82) is 0 Å². The molecule has 21 heavy (non-hydrogen) atoms. The topological polar surface area (TPSA) is 63.4 Å². The number of nitrogens with zero attached hydrogens (tertiary/aromatic N) is 1. The van der Waals surface area contributed by atoms with Crippen LogP contribution in [0.3, 0.4) is 0 Å². The Bertz CT molecular complexity index is 760. The lowest BCUT2D eigenvalue weighted by molar-refractivity contribution is 0.465. The molecule has 0 radical (unpaired) electrons. The van der Waals surface area contributed by atoms with Gasteiger partial charge in [0.25, 0.3) is 0 Å². The molecule has 2 aromatic rings. The summed E-state index contributed by atoms with van der Waals surface area (Å²) in [5.41, 5.74) is 7.54. The van der Waals surface area contributed by atoms with Gasteiger partial charge in [-0.1, -0.05) is 12.1 Å². The summed E-state index contributed by atoms with van der Waals surface area (Å²) in [6.45, 7) is 1.85. The van der Waals surface area contributed by atoms with Gasteiger partial charge in [0, 0.05) is 19.3 Å². The number of hydrogen-bond donors (Lipinski definition) is 1. The van der Waals surface area contributed by atoms with Crippen LogP contribution in [0.15, 0.2) is 47.4 Å². The Morgan fingerprint density at radius 3 is 2.52 bits per heavy atom. The maximum Gasteiger partial charge on any atom is 0.243 e. The zero-order valence-corrected chi connectivity index (χ0v) is 12.7. The van der Waals surface area contributed by atoms with Gasteiger partial charge in [-0.2, -0.15) is 4.31 Å². The van der Waals surface area contributed by atoms with E-state index in [4.69, 9.17) is 5.73 Å². The molecule has 0 spiro atoms. The second kappa shape index (κ2) is 5.83. The Kier molecular flexibility index (Phi) is 4.29. The molecular weight excluding hydrogens is 291 g/mol. The van der Waals surface area contributed by atoms with Crippen LogP contribution in [0.2, 0.25) is 0 Å². The highest BCUT2D eigenvalue weighted by Gasteiger charge is 2.21. The zero-order valence-electron chi connectivity index (χ0n) is 11.9. The van der Waals surface area contributed by atoms with Crippen LogP contribution in [0.25, 0.3) is 0 Å². The Balaban J connectivity index is 2.28. The van der Waals surface area contributed by atoms with E-state index in [2.05, 4.69) is 0 Å². The molecule has 2 rings (SSSR count). The lowest BCUT2D eigenvalue weighted by atomic mass is 10.2. The Morgan fingerprint density at radius 2 is 1.90 bits per heavy atom. The standard InChI is InChI=1S/C15H17FN2O2S/c1-11-8-14(6-7-15(11)17)21(19,20)18(2)10-12-4-3-5-13(16)9-12/h3-9H,10,17H2,1-2H3. The molecule has 0 aliphatic carbocycles. The minimum Gasteiger partial charge on any atom is -0.399 e. The molecule has 0 atom stereocenters. The first-order valence-corrected chi connectivity index (χ1v) is 7.81. The summed E-state index contributed by atoms with van der Waals surface area (Å²) in [6.07, 6.45) is 0. The second-order valence-electron chi connectivity index (χ2n) is 4.91. The number of nitrogens with two attached hydrogens (primary N) is 1. The minimum absolute atomic E-state index is 0.101. The van der Waals surface area contributed by atoms with E-state index in [1.54, 1.807) is 25.1 Å². The van der Waals surface area contributed by atoms with Crippen molar-refractivity contribution < 1.29 is 12.8 Å². The molecule has 2 N–H and O–H groups in total. The van der Waals surface area contributed by atoms with Crippen LogP contribution in [0.5, 0.6) is 0 Å². The zero-order chi connectivity index (χ0) is 15.6. The number of aryl methyl sites for hydroxylation is 1. The highest BCUT2D eigenvalue weighted by molar-refractivity contribution is 7.89. The predicted molar refractivity (Wildman–Crippen MR) is 80.6 cm³/mol. The van der Waals surface area contributed by atoms with Gasteiger partial charge >= 0.3 is 0 Å². The molecule has 6 heteroatoms. The molecule has 0 aliphatic rings. The van der Waals surface area contributed by atoms with E-state index in [9.17, 15) is 12.8 Å². The van der Waals surface area contributed by atoms with Crippen molar-refractivity contribution >= 4 is 15.7 Å². The van der Waals surface area contributed by atoms with Crippen molar-refractivity contribution in [3.63, 3.8) is 0 Å². The third kappa shape index (κ3) is 3.40. The lowest BCUT2D eigenvalue weighted by Crippen LogP contribution is -2.26. The SMILES string of the molecule is Cc1cc(S(=O)(=O)N(C)Cc2cccc(F)c2)ccc1N. The van der Waals surface area contributed by atoms with E-state index in [1.165, 1.54) is 35.6 Å². The molecule has 4 nitrogen and oxygen atoms in total. The number of halogens is 1. The first-order valence-electron chi connectivity index (χ1n) is 6.37. The number of benzene rings is 2. The number of hydrogen-bond acceptors (Lipinski definition) is 3. The molecule has 0 fully saturated rings. The molecule has 0 aromatic heterocycles. The number of rotatable bonds is 4. The lowest BCUT2D eigenvalue weighted by Gasteiger charge is -2.18. The summed E-state index contributed by atoms with van der Waals surface area (Å²) in [7, 11) is -2.17. The number of nitrogen functional groups attached to an aromatic ring is 1. The van der Waals surface area contributed by atoms with E-state index in [1.807, 2.05) is 0 Å². The van der Waals surface area contributed by atoms with Gasteiger partial charge in [0.15, 0.2) is 0 Å². The number of anilines is 1. The number of sulfonamides is 1. The van der Waals surface area contributed by atoms with Gasteiger partial charge in [-0.15, -0.1) is 0 Å². The summed E-state index contributed by atoms with van der Waals surface area (Å²) >= 11 is 0. The summed E-state index contributed by atoms with van der Waals surface area (Å²) in [6, 6.07) is 10.5.